The van der Waals surface area contributed by atoms with Crippen molar-refractivity contribution in [3.05, 3.63) is 23.4 Å². The average molecular weight is 254 g/mol. The Labute approximate surface area is 106 Å². The van der Waals surface area contributed by atoms with Crippen LogP contribution in [0, 0.1) is 6.92 Å². The van der Waals surface area contributed by atoms with Crippen molar-refractivity contribution < 1.29 is 19.7 Å². The standard InChI is InChI=1S/C12H18N2O4/c1-8-3-5-13-11(10(8)12(16)17)14-6-4-9(15)7-18-2/h3,5,9,15H,4,6-7H2,1-2H3,(H,13,14)(H,16,17). The number of ether oxygens (including phenoxy) is 1. The third-order valence-corrected chi connectivity index (χ3v) is 2.50. The summed E-state index contributed by atoms with van der Waals surface area (Å²) in [7, 11) is 1.52. The summed E-state index contributed by atoms with van der Waals surface area (Å²) < 4.78 is 4.80. The highest BCUT2D eigenvalue weighted by Gasteiger charge is 2.14. The molecule has 0 bridgehead atoms. The van der Waals surface area contributed by atoms with Gasteiger partial charge in [-0.15, -0.1) is 0 Å². The molecule has 6 heteroatoms. The van der Waals surface area contributed by atoms with Crippen molar-refractivity contribution >= 4 is 11.8 Å². The molecule has 0 saturated heterocycles. The lowest BCUT2D eigenvalue weighted by molar-refractivity contribution is 0.0615. The summed E-state index contributed by atoms with van der Waals surface area (Å²) in [5.41, 5.74) is 0.816. The quantitative estimate of drug-likeness (QED) is 0.669. The zero-order valence-electron chi connectivity index (χ0n) is 10.5. The topological polar surface area (TPSA) is 91.7 Å². The van der Waals surface area contributed by atoms with Gasteiger partial charge in [-0.05, 0) is 25.0 Å². The Morgan fingerprint density at radius 3 is 2.94 bits per heavy atom. The van der Waals surface area contributed by atoms with Crippen LogP contribution in [0.3, 0.4) is 0 Å². The number of nitrogens with zero attached hydrogens (tertiary/aromatic N) is 1. The van der Waals surface area contributed by atoms with Crippen LogP contribution in [0.25, 0.3) is 0 Å². The molecule has 0 spiro atoms. The van der Waals surface area contributed by atoms with Gasteiger partial charge < -0.3 is 20.3 Å². The first-order chi connectivity index (χ1) is 8.56. The SMILES string of the molecule is COCC(O)CCNc1nccc(C)c1C(=O)O. The molecule has 1 rings (SSSR count). The number of pyridine rings is 1. The molecule has 3 N–H and O–H groups in total. The van der Waals surface area contributed by atoms with Crippen LogP contribution in [-0.2, 0) is 4.74 Å². The summed E-state index contributed by atoms with van der Waals surface area (Å²) in [6, 6.07) is 1.65. The van der Waals surface area contributed by atoms with Crippen molar-refractivity contribution in [1.82, 2.24) is 4.98 Å². The number of nitrogens with one attached hydrogen (secondary N) is 1. The van der Waals surface area contributed by atoms with E-state index in [2.05, 4.69) is 10.3 Å². The molecule has 1 heterocycles. The summed E-state index contributed by atoms with van der Waals surface area (Å²) in [6.45, 7) is 2.41. The Kier molecular flexibility index (Phi) is 5.54. The van der Waals surface area contributed by atoms with E-state index in [-0.39, 0.29) is 12.2 Å². The van der Waals surface area contributed by atoms with Crippen molar-refractivity contribution in [2.75, 3.05) is 25.6 Å². The number of hydrogen-bond donors (Lipinski definition) is 3. The number of carbonyl (C=O) groups is 1. The van der Waals surface area contributed by atoms with Crippen molar-refractivity contribution in [3.63, 3.8) is 0 Å². The first kappa shape index (κ1) is 14.4. The molecular formula is C12H18N2O4. The van der Waals surface area contributed by atoms with Crippen molar-refractivity contribution in [2.45, 2.75) is 19.4 Å². The second-order valence-electron chi connectivity index (χ2n) is 3.98. The third-order valence-electron chi connectivity index (χ3n) is 2.50. The molecule has 0 radical (unpaired) electrons. The van der Waals surface area contributed by atoms with Crippen LogP contribution in [0.5, 0.6) is 0 Å². The predicted octanol–water partition coefficient (Wildman–Crippen LogP) is 0.898. The number of aromatic carboxylic acids is 1. The molecule has 0 aliphatic rings. The van der Waals surface area contributed by atoms with Crippen LogP contribution in [0.4, 0.5) is 5.82 Å². The molecular weight excluding hydrogens is 236 g/mol. The summed E-state index contributed by atoms with van der Waals surface area (Å²) in [6.07, 6.45) is 1.44. The summed E-state index contributed by atoms with van der Waals surface area (Å²) in [5, 5.41) is 21.5. The van der Waals surface area contributed by atoms with E-state index in [0.29, 0.717) is 24.3 Å². The van der Waals surface area contributed by atoms with Gasteiger partial charge in [0.05, 0.1) is 12.7 Å². The molecule has 0 aromatic carbocycles. The maximum absolute atomic E-state index is 11.1. The molecule has 0 amide bonds. The van der Waals surface area contributed by atoms with E-state index in [0.717, 1.165) is 0 Å². The highest BCUT2D eigenvalue weighted by Crippen LogP contribution is 2.16. The van der Waals surface area contributed by atoms with Crippen LogP contribution >= 0.6 is 0 Å². The highest BCUT2D eigenvalue weighted by atomic mass is 16.5. The van der Waals surface area contributed by atoms with Crippen LogP contribution in [0.15, 0.2) is 12.3 Å². The minimum Gasteiger partial charge on any atom is -0.478 e. The van der Waals surface area contributed by atoms with Gasteiger partial charge >= 0.3 is 5.97 Å². The third kappa shape index (κ3) is 3.97. The van der Waals surface area contributed by atoms with Crippen LogP contribution < -0.4 is 5.32 Å². The minimum absolute atomic E-state index is 0.165. The molecule has 1 aromatic rings. The van der Waals surface area contributed by atoms with Gasteiger partial charge in [-0.2, -0.15) is 0 Å². The molecule has 0 aliphatic heterocycles. The first-order valence-corrected chi connectivity index (χ1v) is 5.66. The molecule has 1 aromatic heterocycles. The van der Waals surface area contributed by atoms with Gasteiger partial charge in [0.15, 0.2) is 0 Å². The number of hydrogen-bond acceptors (Lipinski definition) is 5. The molecule has 18 heavy (non-hydrogen) atoms. The fourth-order valence-corrected chi connectivity index (χ4v) is 1.60. The Balaban J connectivity index is 2.62. The zero-order valence-corrected chi connectivity index (χ0v) is 10.5. The van der Waals surface area contributed by atoms with Gasteiger partial charge in [-0.1, -0.05) is 0 Å². The number of rotatable bonds is 7. The van der Waals surface area contributed by atoms with E-state index in [9.17, 15) is 9.90 Å². The molecule has 100 valence electrons. The van der Waals surface area contributed by atoms with E-state index in [4.69, 9.17) is 9.84 Å². The van der Waals surface area contributed by atoms with Crippen LogP contribution in [0.2, 0.25) is 0 Å². The molecule has 0 aliphatic carbocycles. The Hall–Kier alpha value is -1.66. The smallest absolute Gasteiger partial charge is 0.339 e. The number of aryl methyl sites for hydroxylation is 1. The van der Waals surface area contributed by atoms with Gasteiger partial charge in [-0.3, -0.25) is 0 Å². The second-order valence-corrected chi connectivity index (χ2v) is 3.98. The Morgan fingerprint density at radius 1 is 1.61 bits per heavy atom. The number of aliphatic hydroxyl groups is 1. The summed E-state index contributed by atoms with van der Waals surface area (Å²) in [5.74, 6) is -0.687. The fourth-order valence-electron chi connectivity index (χ4n) is 1.60. The highest BCUT2D eigenvalue weighted by molar-refractivity contribution is 5.94. The summed E-state index contributed by atoms with van der Waals surface area (Å²) >= 11 is 0. The number of aliphatic hydroxyl groups excluding tert-OH is 1. The first-order valence-electron chi connectivity index (χ1n) is 5.66. The molecule has 0 fully saturated rings. The predicted molar refractivity (Wildman–Crippen MR) is 66.9 cm³/mol. The van der Waals surface area contributed by atoms with Gasteiger partial charge in [0.1, 0.15) is 11.4 Å². The van der Waals surface area contributed by atoms with Crippen molar-refractivity contribution in [1.29, 1.82) is 0 Å². The Morgan fingerprint density at radius 2 is 2.33 bits per heavy atom. The normalized spacial score (nSPS) is 12.2. The van der Waals surface area contributed by atoms with Crippen molar-refractivity contribution in [2.24, 2.45) is 0 Å². The van der Waals surface area contributed by atoms with Gasteiger partial charge in [-0.25, -0.2) is 9.78 Å². The molecule has 6 nitrogen and oxygen atoms in total. The number of carboxylic acids is 1. The Bertz CT molecular complexity index is 409. The van der Waals surface area contributed by atoms with E-state index in [1.165, 1.54) is 7.11 Å². The lowest BCUT2D eigenvalue weighted by Gasteiger charge is -2.12. The number of methoxy groups -OCH3 is 1. The largest absolute Gasteiger partial charge is 0.478 e. The molecule has 1 unspecified atom stereocenters. The number of anilines is 1. The second kappa shape index (κ2) is 6.93. The summed E-state index contributed by atoms with van der Waals surface area (Å²) in [4.78, 5) is 15.1. The minimum atomic E-state index is -1.01. The van der Waals surface area contributed by atoms with E-state index in [1.807, 2.05) is 0 Å². The lowest BCUT2D eigenvalue weighted by Crippen LogP contribution is -2.19. The van der Waals surface area contributed by atoms with E-state index in [1.54, 1.807) is 19.2 Å². The van der Waals surface area contributed by atoms with Gasteiger partial charge in [0, 0.05) is 19.9 Å². The lowest BCUT2D eigenvalue weighted by atomic mass is 10.1. The van der Waals surface area contributed by atoms with E-state index < -0.39 is 12.1 Å². The molecule has 0 saturated carbocycles. The average Bonchev–Trinajstić information content (AvgIpc) is 2.28. The van der Waals surface area contributed by atoms with Crippen LogP contribution in [0.1, 0.15) is 22.3 Å². The maximum Gasteiger partial charge on any atom is 0.339 e. The molecule has 1 atom stereocenters. The van der Waals surface area contributed by atoms with Gasteiger partial charge in [0.2, 0.25) is 0 Å². The van der Waals surface area contributed by atoms with Gasteiger partial charge in [0.25, 0.3) is 0 Å². The fraction of sp³-hybridized carbons (Fsp3) is 0.500. The van der Waals surface area contributed by atoms with Crippen LogP contribution in [-0.4, -0.2) is 47.5 Å². The number of aromatic nitrogens is 1. The monoisotopic (exact) mass is 254 g/mol. The number of carboxylic acid groups (broad SMARTS) is 1. The maximum atomic E-state index is 11.1. The van der Waals surface area contributed by atoms with E-state index >= 15 is 0 Å². The zero-order chi connectivity index (χ0) is 13.5. The van der Waals surface area contributed by atoms with Crippen molar-refractivity contribution in [3.8, 4) is 0 Å².